The topological polar surface area (TPSA) is 59.8 Å². The van der Waals surface area contributed by atoms with E-state index in [0.717, 1.165) is 28.7 Å². The third kappa shape index (κ3) is 4.66. The second-order valence-corrected chi connectivity index (χ2v) is 8.82. The minimum Gasteiger partial charge on any atom is -0.352 e. The number of aryl methyl sites for hydroxylation is 4. The summed E-state index contributed by atoms with van der Waals surface area (Å²) in [7, 11) is 0. The van der Waals surface area contributed by atoms with Crippen molar-refractivity contribution in [1.29, 1.82) is 0 Å². The van der Waals surface area contributed by atoms with Crippen molar-refractivity contribution in [3.63, 3.8) is 0 Å². The van der Waals surface area contributed by atoms with Crippen LogP contribution in [0.4, 0.5) is 13.2 Å². The van der Waals surface area contributed by atoms with Crippen LogP contribution in [-0.4, -0.2) is 27.2 Å². The van der Waals surface area contributed by atoms with Gasteiger partial charge in [-0.3, -0.25) is 4.79 Å². The lowest BCUT2D eigenvalue weighted by Crippen LogP contribution is -2.27. The van der Waals surface area contributed by atoms with Crippen LogP contribution in [0.1, 0.15) is 56.5 Å². The molecule has 0 saturated heterocycles. The van der Waals surface area contributed by atoms with Gasteiger partial charge in [0.15, 0.2) is 5.69 Å². The molecule has 0 spiro atoms. The van der Waals surface area contributed by atoms with Crippen LogP contribution >= 0.6 is 11.3 Å². The Labute approximate surface area is 182 Å². The normalized spacial score (nSPS) is 13.8. The van der Waals surface area contributed by atoms with Gasteiger partial charge in [0, 0.05) is 17.8 Å². The third-order valence-corrected chi connectivity index (χ3v) is 6.59. The molecule has 0 aliphatic heterocycles. The number of benzene rings is 1. The zero-order valence-electron chi connectivity index (χ0n) is 17.1. The number of nitrogens with zero attached hydrogens (tertiary/aromatic N) is 3. The molecule has 0 radical (unpaired) electrons. The summed E-state index contributed by atoms with van der Waals surface area (Å²) >= 11 is 1.71. The number of halogens is 3. The first-order valence-electron chi connectivity index (χ1n) is 10.3. The molecule has 2 aromatic heterocycles. The number of nitrogens with one attached hydrogen (secondary N) is 1. The van der Waals surface area contributed by atoms with Crippen molar-refractivity contribution < 1.29 is 18.0 Å². The summed E-state index contributed by atoms with van der Waals surface area (Å²) in [6, 6.07) is 6.63. The van der Waals surface area contributed by atoms with Crippen LogP contribution in [0, 0.1) is 6.92 Å². The summed E-state index contributed by atoms with van der Waals surface area (Å²) in [6.07, 6.45) is 2.05. The Morgan fingerprint density at radius 3 is 2.74 bits per heavy atom. The van der Waals surface area contributed by atoms with E-state index < -0.39 is 23.3 Å². The molecule has 1 aliphatic rings. The number of aromatic nitrogens is 3. The summed E-state index contributed by atoms with van der Waals surface area (Å²) in [4.78, 5) is 18.5. The van der Waals surface area contributed by atoms with Crippen LogP contribution in [0.25, 0.3) is 5.69 Å². The van der Waals surface area contributed by atoms with Gasteiger partial charge in [-0.1, -0.05) is 18.2 Å². The minimum absolute atomic E-state index is 0.274. The van der Waals surface area contributed by atoms with Crippen LogP contribution < -0.4 is 5.32 Å². The smallest absolute Gasteiger partial charge is 0.352 e. The van der Waals surface area contributed by atoms with E-state index in [4.69, 9.17) is 0 Å². The fraction of sp³-hybridized carbons (Fsp3) is 0.409. The van der Waals surface area contributed by atoms with Gasteiger partial charge >= 0.3 is 6.18 Å². The highest BCUT2D eigenvalue weighted by molar-refractivity contribution is 7.11. The molecule has 0 saturated carbocycles. The van der Waals surface area contributed by atoms with Gasteiger partial charge < -0.3 is 5.32 Å². The Morgan fingerprint density at radius 2 is 2.00 bits per heavy atom. The molecule has 5 nitrogen and oxygen atoms in total. The lowest BCUT2D eigenvalue weighted by atomic mass is 10.0. The largest absolute Gasteiger partial charge is 0.434 e. The predicted molar refractivity (Wildman–Crippen MR) is 113 cm³/mol. The summed E-state index contributed by atoms with van der Waals surface area (Å²) in [5, 5.41) is 7.51. The van der Waals surface area contributed by atoms with Gasteiger partial charge in [-0.05, 0) is 50.7 Å². The van der Waals surface area contributed by atoms with E-state index in [0.29, 0.717) is 24.1 Å². The number of hydrogen-bond acceptors (Lipinski definition) is 4. The minimum atomic E-state index is -4.72. The summed E-state index contributed by atoms with van der Waals surface area (Å²) in [5.74, 6) is -0.773. The predicted octanol–water partition coefficient (Wildman–Crippen LogP) is 4.90. The van der Waals surface area contributed by atoms with Crippen molar-refractivity contribution >= 4 is 17.2 Å². The van der Waals surface area contributed by atoms with Crippen LogP contribution in [0.2, 0.25) is 0 Å². The van der Waals surface area contributed by atoms with Crippen LogP contribution in [0.3, 0.4) is 0 Å². The van der Waals surface area contributed by atoms with Gasteiger partial charge in [-0.2, -0.15) is 18.3 Å². The maximum absolute atomic E-state index is 13.8. The zero-order valence-corrected chi connectivity index (χ0v) is 17.9. The van der Waals surface area contributed by atoms with Gasteiger partial charge in [0.1, 0.15) is 0 Å². The Bertz CT molecular complexity index is 1060. The van der Waals surface area contributed by atoms with Gasteiger partial charge in [0.25, 0.3) is 5.91 Å². The molecule has 1 aromatic carbocycles. The molecule has 3 aromatic rings. The maximum Gasteiger partial charge on any atom is 0.434 e. The van der Waals surface area contributed by atoms with Crippen LogP contribution in [0.5, 0.6) is 0 Å². The average Bonchev–Trinajstić information content (AvgIpc) is 3.35. The highest BCUT2D eigenvalue weighted by atomic mass is 32.1. The fourth-order valence-corrected chi connectivity index (χ4v) is 5.02. The number of para-hydroxylation sites is 1. The van der Waals surface area contributed by atoms with E-state index in [9.17, 15) is 18.0 Å². The second-order valence-electron chi connectivity index (χ2n) is 7.65. The number of hydrogen-bond donors (Lipinski definition) is 1. The Morgan fingerprint density at radius 1 is 1.23 bits per heavy atom. The fourth-order valence-electron chi connectivity index (χ4n) is 3.82. The van der Waals surface area contributed by atoms with Crippen LogP contribution in [0.15, 0.2) is 30.5 Å². The lowest BCUT2D eigenvalue weighted by molar-refractivity contribution is -0.143. The second kappa shape index (κ2) is 8.82. The molecular weight excluding hydrogens is 425 g/mol. The molecule has 0 bridgehead atoms. The molecule has 1 aliphatic carbocycles. The maximum atomic E-state index is 13.8. The molecule has 1 amide bonds. The quantitative estimate of drug-likeness (QED) is 0.546. The molecule has 1 N–H and O–H groups in total. The first kappa shape index (κ1) is 21.5. The van der Waals surface area contributed by atoms with Crippen molar-refractivity contribution in [3.05, 3.63) is 62.9 Å². The van der Waals surface area contributed by atoms with E-state index in [1.54, 1.807) is 42.5 Å². The van der Waals surface area contributed by atoms with Crippen molar-refractivity contribution in [2.45, 2.75) is 51.6 Å². The highest BCUT2D eigenvalue weighted by Gasteiger charge is 2.40. The van der Waals surface area contributed by atoms with Crippen molar-refractivity contribution in [2.75, 3.05) is 6.54 Å². The van der Waals surface area contributed by atoms with E-state index in [2.05, 4.69) is 15.4 Å². The van der Waals surface area contributed by atoms with E-state index in [1.807, 2.05) is 0 Å². The molecule has 2 heterocycles. The summed E-state index contributed by atoms with van der Waals surface area (Å²) in [5.41, 5.74) is 0.580. The first-order valence-corrected chi connectivity index (χ1v) is 11.1. The van der Waals surface area contributed by atoms with Gasteiger partial charge in [-0.15, -0.1) is 11.3 Å². The Hall–Kier alpha value is -2.68. The average molecular weight is 449 g/mol. The third-order valence-electron chi connectivity index (χ3n) is 5.37. The molecule has 4 rings (SSSR count). The molecule has 9 heteroatoms. The number of amides is 1. The number of alkyl halides is 3. The van der Waals surface area contributed by atoms with Crippen LogP contribution in [-0.2, 0) is 25.4 Å². The molecule has 0 unspecified atom stereocenters. The first-order chi connectivity index (χ1) is 14.8. The van der Waals surface area contributed by atoms with Crippen molar-refractivity contribution in [2.24, 2.45) is 0 Å². The monoisotopic (exact) mass is 448 g/mol. The lowest BCUT2D eigenvalue weighted by Gasteiger charge is -2.14. The number of carbonyl (C=O) groups excluding carboxylic acids is 1. The standard InChI is InChI=1S/C22H23F3N4OS/c1-14-7-2-4-9-17(14)29-20(22(23,24)25)15(13-27-29)21(30)26-12-6-11-19-28-16-8-3-5-10-18(16)31-19/h2,4,7,9,13H,3,5-6,8,10-12H2,1H3,(H,26,30). The Kier molecular flexibility index (Phi) is 6.13. The van der Waals surface area contributed by atoms with E-state index in [-0.39, 0.29) is 6.54 Å². The van der Waals surface area contributed by atoms with Crippen molar-refractivity contribution in [1.82, 2.24) is 20.1 Å². The van der Waals surface area contributed by atoms with Gasteiger partial charge in [0.05, 0.1) is 28.1 Å². The van der Waals surface area contributed by atoms with Gasteiger partial charge in [0.2, 0.25) is 0 Å². The summed E-state index contributed by atoms with van der Waals surface area (Å²) < 4.78 is 42.2. The van der Waals surface area contributed by atoms with E-state index >= 15 is 0 Å². The number of carbonyl (C=O) groups is 1. The SMILES string of the molecule is Cc1ccccc1-n1ncc(C(=O)NCCCc2nc3c(s2)CCCC3)c1C(F)(F)F. The molecular formula is C22H23F3N4OS. The van der Waals surface area contributed by atoms with Crippen molar-refractivity contribution in [3.8, 4) is 5.69 Å². The zero-order chi connectivity index (χ0) is 22.0. The van der Waals surface area contributed by atoms with E-state index in [1.165, 1.54) is 23.4 Å². The summed E-state index contributed by atoms with van der Waals surface area (Å²) in [6.45, 7) is 1.98. The Balaban J connectivity index is 1.43. The molecule has 31 heavy (non-hydrogen) atoms. The highest BCUT2D eigenvalue weighted by Crippen LogP contribution is 2.34. The van der Waals surface area contributed by atoms with Gasteiger partial charge in [-0.25, -0.2) is 9.67 Å². The number of rotatable bonds is 6. The number of fused-ring (bicyclic) bond motifs is 1. The molecule has 164 valence electrons. The molecule has 0 fully saturated rings. The molecule has 0 atom stereocenters. The number of thiazole rings is 1.